The standard InChI is InChI=1S/C18H22FN5O/c19-15-10-13(11-20)6-7-17(15)23-8-2-1-5-16(22)18(25)24-9-3-4-14(24)12-21/h6-7,10,14,16,23H,1-5,8-9,22H2/t14-,16-/m0/s1. The van der Waals surface area contributed by atoms with Crippen molar-refractivity contribution in [3.63, 3.8) is 0 Å². The van der Waals surface area contributed by atoms with Crippen molar-refractivity contribution in [2.45, 2.75) is 44.2 Å². The maximum atomic E-state index is 13.7. The summed E-state index contributed by atoms with van der Waals surface area (Å²) in [6.07, 6.45) is 3.56. The van der Waals surface area contributed by atoms with E-state index in [-0.39, 0.29) is 17.5 Å². The topological polar surface area (TPSA) is 106 Å². The van der Waals surface area contributed by atoms with E-state index in [1.54, 1.807) is 17.0 Å². The number of likely N-dealkylation sites (tertiary alicyclic amines) is 1. The molecule has 1 fully saturated rings. The number of benzene rings is 1. The number of unbranched alkanes of at least 4 members (excludes halogenated alkanes) is 1. The highest BCUT2D eigenvalue weighted by atomic mass is 19.1. The summed E-state index contributed by atoms with van der Waals surface area (Å²) in [4.78, 5) is 13.8. The van der Waals surface area contributed by atoms with Crippen LogP contribution in [0.25, 0.3) is 0 Å². The Labute approximate surface area is 147 Å². The molecule has 25 heavy (non-hydrogen) atoms. The summed E-state index contributed by atoms with van der Waals surface area (Å²) in [5.41, 5.74) is 6.59. The van der Waals surface area contributed by atoms with E-state index in [1.807, 2.05) is 6.07 Å². The van der Waals surface area contributed by atoms with E-state index >= 15 is 0 Å². The second-order valence-corrected chi connectivity index (χ2v) is 6.15. The molecule has 2 atom stereocenters. The number of nitrogens with two attached hydrogens (primary N) is 1. The first kappa shape index (κ1) is 18.7. The van der Waals surface area contributed by atoms with Crippen molar-refractivity contribution in [3.05, 3.63) is 29.6 Å². The molecule has 1 aliphatic heterocycles. The van der Waals surface area contributed by atoms with Gasteiger partial charge in [0.25, 0.3) is 0 Å². The SMILES string of the molecule is N#Cc1ccc(NCCCC[C@H](N)C(=O)N2CCC[C@H]2C#N)c(F)c1. The average Bonchev–Trinajstić information content (AvgIpc) is 3.10. The van der Waals surface area contributed by atoms with E-state index in [0.717, 1.165) is 25.7 Å². The zero-order valence-electron chi connectivity index (χ0n) is 14.0. The van der Waals surface area contributed by atoms with Crippen LogP contribution < -0.4 is 11.1 Å². The highest BCUT2D eigenvalue weighted by Crippen LogP contribution is 2.18. The normalized spacial score (nSPS) is 17.6. The molecule has 2 rings (SSSR count). The van der Waals surface area contributed by atoms with Crippen molar-refractivity contribution in [2.24, 2.45) is 5.73 Å². The maximum Gasteiger partial charge on any atom is 0.240 e. The maximum absolute atomic E-state index is 13.7. The van der Waals surface area contributed by atoms with Gasteiger partial charge in [0.1, 0.15) is 11.9 Å². The van der Waals surface area contributed by atoms with Crippen LogP contribution >= 0.6 is 0 Å². The molecular formula is C18H22FN5O. The molecule has 0 aliphatic carbocycles. The Balaban J connectivity index is 1.70. The third-order valence-corrected chi connectivity index (χ3v) is 4.36. The number of carbonyl (C=O) groups excluding carboxylic acids is 1. The summed E-state index contributed by atoms with van der Waals surface area (Å²) in [5.74, 6) is -0.613. The highest BCUT2D eigenvalue weighted by Gasteiger charge is 2.31. The second-order valence-electron chi connectivity index (χ2n) is 6.15. The minimum absolute atomic E-state index is 0.157. The monoisotopic (exact) mass is 343 g/mol. The molecule has 0 radical (unpaired) electrons. The lowest BCUT2D eigenvalue weighted by Gasteiger charge is -2.23. The number of halogens is 1. The quantitative estimate of drug-likeness (QED) is 0.738. The smallest absolute Gasteiger partial charge is 0.240 e. The Kier molecular flexibility index (Phi) is 6.73. The number of hydrogen-bond donors (Lipinski definition) is 2. The Morgan fingerprint density at radius 3 is 2.92 bits per heavy atom. The van der Waals surface area contributed by atoms with Crippen LogP contribution in [0, 0.1) is 28.5 Å². The van der Waals surface area contributed by atoms with Crippen LogP contribution in [-0.2, 0) is 4.79 Å². The van der Waals surface area contributed by atoms with Crippen molar-refractivity contribution in [1.29, 1.82) is 10.5 Å². The lowest BCUT2D eigenvalue weighted by Crippen LogP contribution is -2.45. The summed E-state index contributed by atoms with van der Waals surface area (Å²) >= 11 is 0. The minimum atomic E-state index is -0.597. The predicted octanol–water partition coefficient (Wildman–Crippen LogP) is 2.12. The van der Waals surface area contributed by atoms with E-state index in [4.69, 9.17) is 16.3 Å². The third kappa shape index (κ3) is 4.91. The molecule has 7 heteroatoms. The van der Waals surface area contributed by atoms with Gasteiger partial charge in [0.15, 0.2) is 0 Å². The van der Waals surface area contributed by atoms with Crippen LogP contribution in [0.5, 0.6) is 0 Å². The Bertz CT molecular complexity index is 694. The minimum Gasteiger partial charge on any atom is -0.383 e. The molecule has 0 unspecified atom stereocenters. The largest absolute Gasteiger partial charge is 0.383 e. The van der Waals surface area contributed by atoms with Gasteiger partial charge in [-0.25, -0.2) is 4.39 Å². The van der Waals surface area contributed by atoms with Crippen molar-refractivity contribution in [1.82, 2.24) is 4.90 Å². The van der Waals surface area contributed by atoms with E-state index in [2.05, 4.69) is 11.4 Å². The number of amides is 1. The fraction of sp³-hybridized carbons (Fsp3) is 0.500. The van der Waals surface area contributed by atoms with Crippen molar-refractivity contribution >= 4 is 11.6 Å². The van der Waals surface area contributed by atoms with Gasteiger partial charge in [-0.15, -0.1) is 0 Å². The van der Waals surface area contributed by atoms with Gasteiger partial charge < -0.3 is 16.0 Å². The van der Waals surface area contributed by atoms with E-state index in [0.29, 0.717) is 25.2 Å². The van der Waals surface area contributed by atoms with Crippen molar-refractivity contribution in [3.8, 4) is 12.1 Å². The Morgan fingerprint density at radius 1 is 1.44 bits per heavy atom. The van der Waals surface area contributed by atoms with Gasteiger partial charge in [-0.05, 0) is 50.3 Å². The molecule has 132 valence electrons. The Hall–Kier alpha value is -2.64. The number of hydrogen-bond acceptors (Lipinski definition) is 5. The van der Waals surface area contributed by atoms with E-state index in [1.165, 1.54) is 6.07 Å². The van der Waals surface area contributed by atoms with Crippen LogP contribution in [-0.4, -0.2) is 36.0 Å². The molecule has 0 spiro atoms. The molecule has 1 aromatic rings. The van der Waals surface area contributed by atoms with Crippen LogP contribution in [0.3, 0.4) is 0 Å². The van der Waals surface area contributed by atoms with Gasteiger partial charge >= 0.3 is 0 Å². The van der Waals surface area contributed by atoms with Gasteiger partial charge in [0.2, 0.25) is 5.91 Å². The number of nitrogens with zero attached hydrogens (tertiary/aromatic N) is 3. The first-order valence-corrected chi connectivity index (χ1v) is 8.46. The molecule has 0 bridgehead atoms. The molecular weight excluding hydrogens is 321 g/mol. The summed E-state index contributed by atoms with van der Waals surface area (Å²) in [7, 11) is 0. The molecule has 1 heterocycles. The molecule has 3 N–H and O–H groups in total. The second kappa shape index (κ2) is 9.00. The first-order chi connectivity index (χ1) is 12.1. The van der Waals surface area contributed by atoms with Gasteiger partial charge in [-0.3, -0.25) is 4.79 Å². The van der Waals surface area contributed by atoms with Crippen LogP contribution in [0.4, 0.5) is 10.1 Å². The number of nitriles is 2. The third-order valence-electron chi connectivity index (χ3n) is 4.36. The summed E-state index contributed by atoms with van der Waals surface area (Å²) < 4.78 is 13.7. The molecule has 1 aromatic carbocycles. The van der Waals surface area contributed by atoms with Gasteiger partial charge in [0, 0.05) is 13.1 Å². The molecule has 1 aliphatic rings. The van der Waals surface area contributed by atoms with E-state index < -0.39 is 11.9 Å². The molecule has 1 amide bonds. The Morgan fingerprint density at radius 2 is 2.24 bits per heavy atom. The number of rotatable bonds is 7. The zero-order chi connectivity index (χ0) is 18.2. The fourth-order valence-electron chi connectivity index (χ4n) is 2.94. The summed E-state index contributed by atoms with van der Waals surface area (Å²) in [5, 5.41) is 20.7. The zero-order valence-corrected chi connectivity index (χ0v) is 14.0. The summed E-state index contributed by atoms with van der Waals surface area (Å²) in [6.45, 7) is 1.15. The fourth-order valence-corrected chi connectivity index (χ4v) is 2.94. The van der Waals surface area contributed by atoms with Crippen LogP contribution in [0.15, 0.2) is 18.2 Å². The molecule has 0 aromatic heterocycles. The number of anilines is 1. The van der Waals surface area contributed by atoms with Gasteiger partial charge in [-0.1, -0.05) is 0 Å². The molecule has 0 saturated carbocycles. The first-order valence-electron chi connectivity index (χ1n) is 8.46. The van der Waals surface area contributed by atoms with Gasteiger partial charge in [-0.2, -0.15) is 10.5 Å². The summed E-state index contributed by atoms with van der Waals surface area (Å²) in [6, 6.07) is 7.37. The average molecular weight is 343 g/mol. The number of carbonyl (C=O) groups is 1. The van der Waals surface area contributed by atoms with Crippen LogP contribution in [0.1, 0.15) is 37.7 Å². The van der Waals surface area contributed by atoms with Crippen molar-refractivity contribution < 1.29 is 9.18 Å². The van der Waals surface area contributed by atoms with Crippen LogP contribution in [0.2, 0.25) is 0 Å². The van der Waals surface area contributed by atoms with Gasteiger partial charge in [0.05, 0.1) is 29.4 Å². The lowest BCUT2D eigenvalue weighted by atomic mass is 10.1. The highest BCUT2D eigenvalue weighted by molar-refractivity contribution is 5.82. The molecule has 1 saturated heterocycles. The predicted molar refractivity (Wildman–Crippen MR) is 91.8 cm³/mol. The van der Waals surface area contributed by atoms with E-state index in [9.17, 15) is 9.18 Å². The number of nitrogens with one attached hydrogen (secondary N) is 1. The van der Waals surface area contributed by atoms with Crippen molar-refractivity contribution in [2.75, 3.05) is 18.4 Å². The molecule has 6 nitrogen and oxygen atoms in total. The lowest BCUT2D eigenvalue weighted by molar-refractivity contribution is -0.132.